The van der Waals surface area contributed by atoms with E-state index in [-0.39, 0.29) is 5.82 Å². The number of halogens is 1. The summed E-state index contributed by atoms with van der Waals surface area (Å²) in [4.78, 5) is 1.34. The summed E-state index contributed by atoms with van der Waals surface area (Å²) in [6.45, 7) is 2.61. The van der Waals surface area contributed by atoms with E-state index < -0.39 is 0 Å². The summed E-state index contributed by atoms with van der Waals surface area (Å²) >= 11 is 1.76. The van der Waals surface area contributed by atoms with Crippen molar-refractivity contribution in [3.8, 4) is 0 Å². The maximum atomic E-state index is 13.5. The number of hydrogen-bond acceptors (Lipinski definition) is 2. The van der Waals surface area contributed by atoms with Crippen LogP contribution in [0.4, 0.5) is 4.39 Å². The third kappa shape index (κ3) is 2.69. The van der Waals surface area contributed by atoms with Crippen molar-refractivity contribution >= 4 is 22.2 Å². The van der Waals surface area contributed by atoms with Crippen LogP contribution in [0.2, 0.25) is 0 Å². The molecule has 19 heavy (non-hydrogen) atoms. The second-order valence-corrected chi connectivity index (χ2v) is 5.47. The van der Waals surface area contributed by atoms with Crippen molar-refractivity contribution in [1.82, 2.24) is 9.88 Å². The van der Waals surface area contributed by atoms with Crippen LogP contribution in [-0.2, 0) is 13.1 Å². The molecule has 0 atom stereocenters. The lowest BCUT2D eigenvalue weighted by molar-refractivity contribution is 0.611. The zero-order chi connectivity index (χ0) is 13.1. The highest BCUT2D eigenvalue weighted by Gasteiger charge is 2.04. The van der Waals surface area contributed by atoms with Gasteiger partial charge in [-0.3, -0.25) is 0 Å². The molecule has 3 rings (SSSR count). The highest BCUT2D eigenvalue weighted by molar-refractivity contribution is 7.09. The summed E-state index contributed by atoms with van der Waals surface area (Å²) in [5.74, 6) is -0.150. The molecule has 0 amide bonds. The van der Waals surface area contributed by atoms with Crippen LogP contribution in [0.15, 0.2) is 48.0 Å². The topological polar surface area (TPSA) is 17.0 Å². The van der Waals surface area contributed by atoms with Crippen molar-refractivity contribution in [2.24, 2.45) is 0 Å². The smallest absolute Gasteiger partial charge is 0.132 e. The number of fused-ring (bicyclic) bond motifs is 1. The summed E-state index contributed by atoms with van der Waals surface area (Å²) in [5, 5.41) is 6.18. The molecule has 0 fully saturated rings. The fourth-order valence-corrected chi connectivity index (χ4v) is 2.88. The van der Waals surface area contributed by atoms with E-state index in [1.807, 2.05) is 18.3 Å². The minimum absolute atomic E-state index is 0.150. The molecule has 0 aliphatic carbocycles. The first-order valence-corrected chi connectivity index (χ1v) is 7.19. The molecule has 2 heterocycles. The van der Waals surface area contributed by atoms with Crippen LogP contribution in [0, 0.1) is 5.82 Å². The predicted molar refractivity (Wildman–Crippen MR) is 77.9 cm³/mol. The summed E-state index contributed by atoms with van der Waals surface area (Å²) in [7, 11) is 0. The van der Waals surface area contributed by atoms with Crippen LogP contribution in [0.1, 0.15) is 4.88 Å². The number of benzene rings is 1. The lowest BCUT2D eigenvalue weighted by atomic mass is 10.2. The van der Waals surface area contributed by atoms with Gasteiger partial charge in [0, 0.05) is 36.1 Å². The summed E-state index contributed by atoms with van der Waals surface area (Å²) < 4.78 is 15.6. The molecule has 0 aliphatic rings. The van der Waals surface area contributed by atoms with Gasteiger partial charge in [0.25, 0.3) is 0 Å². The van der Waals surface area contributed by atoms with E-state index >= 15 is 0 Å². The minimum atomic E-state index is -0.150. The van der Waals surface area contributed by atoms with Gasteiger partial charge in [-0.2, -0.15) is 0 Å². The fraction of sp³-hybridized carbons (Fsp3) is 0.200. The Bertz CT molecular complexity index is 658. The Hall–Kier alpha value is -1.65. The van der Waals surface area contributed by atoms with Crippen molar-refractivity contribution in [2.75, 3.05) is 6.54 Å². The van der Waals surface area contributed by atoms with E-state index in [0.29, 0.717) is 5.39 Å². The summed E-state index contributed by atoms with van der Waals surface area (Å²) in [6, 6.07) is 11.2. The molecule has 1 aromatic carbocycles. The van der Waals surface area contributed by atoms with Crippen molar-refractivity contribution in [3.05, 3.63) is 58.7 Å². The van der Waals surface area contributed by atoms with Crippen LogP contribution >= 0.6 is 11.3 Å². The van der Waals surface area contributed by atoms with Gasteiger partial charge in [-0.1, -0.05) is 12.1 Å². The van der Waals surface area contributed by atoms with E-state index in [1.54, 1.807) is 17.4 Å². The van der Waals surface area contributed by atoms with Crippen LogP contribution in [0.5, 0.6) is 0 Å². The standard InChI is InChI=1S/C15H15FN2S/c16-14-4-1-5-15-13(14)6-8-18(15)9-7-17-11-12-3-2-10-19-12/h1-6,8,10,17H,7,9,11H2. The van der Waals surface area contributed by atoms with Crippen LogP contribution in [-0.4, -0.2) is 11.1 Å². The molecule has 0 saturated carbocycles. The number of nitrogens with zero attached hydrogens (tertiary/aromatic N) is 1. The molecule has 0 saturated heterocycles. The minimum Gasteiger partial charge on any atom is -0.346 e. The molecule has 0 bridgehead atoms. The number of aromatic nitrogens is 1. The number of hydrogen-bond donors (Lipinski definition) is 1. The third-order valence-electron chi connectivity index (χ3n) is 3.17. The Labute approximate surface area is 115 Å². The van der Waals surface area contributed by atoms with Crippen molar-refractivity contribution in [3.63, 3.8) is 0 Å². The van der Waals surface area contributed by atoms with Gasteiger partial charge in [0.15, 0.2) is 0 Å². The van der Waals surface area contributed by atoms with Gasteiger partial charge < -0.3 is 9.88 Å². The van der Waals surface area contributed by atoms with Gasteiger partial charge in [0.1, 0.15) is 5.82 Å². The van der Waals surface area contributed by atoms with E-state index in [0.717, 1.165) is 25.2 Å². The second-order valence-electron chi connectivity index (χ2n) is 4.44. The maximum absolute atomic E-state index is 13.5. The molecule has 4 heteroatoms. The highest BCUT2D eigenvalue weighted by Crippen LogP contribution is 2.18. The van der Waals surface area contributed by atoms with Gasteiger partial charge in [0.05, 0.1) is 5.52 Å². The zero-order valence-corrected chi connectivity index (χ0v) is 11.3. The Balaban J connectivity index is 1.61. The molecule has 98 valence electrons. The Kier molecular flexibility index (Phi) is 3.62. The van der Waals surface area contributed by atoms with Crippen LogP contribution in [0.25, 0.3) is 10.9 Å². The first kappa shape index (κ1) is 12.4. The van der Waals surface area contributed by atoms with Crippen molar-refractivity contribution in [2.45, 2.75) is 13.1 Å². The van der Waals surface area contributed by atoms with E-state index in [9.17, 15) is 4.39 Å². The Morgan fingerprint density at radius 3 is 2.95 bits per heavy atom. The average Bonchev–Trinajstić information content (AvgIpc) is 3.05. The number of rotatable bonds is 5. The van der Waals surface area contributed by atoms with Gasteiger partial charge in [0.2, 0.25) is 0 Å². The summed E-state index contributed by atoms with van der Waals surface area (Å²) in [5.41, 5.74) is 0.956. The van der Waals surface area contributed by atoms with Crippen molar-refractivity contribution < 1.29 is 4.39 Å². The second kappa shape index (κ2) is 5.55. The van der Waals surface area contributed by atoms with Gasteiger partial charge in [-0.25, -0.2) is 4.39 Å². The Morgan fingerprint density at radius 2 is 2.11 bits per heavy atom. The molecule has 2 aromatic heterocycles. The monoisotopic (exact) mass is 274 g/mol. The van der Waals surface area contributed by atoms with E-state index in [2.05, 4.69) is 27.4 Å². The first-order chi connectivity index (χ1) is 9.34. The predicted octanol–water partition coefficient (Wildman–Crippen LogP) is 3.63. The fourth-order valence-electron chi connectivity index (χ4n) is 2.21. The highest BCUT2D eigenvalue weighted by atomic mass is 32.1. The molecule has 0 radical (unpaired) electrons. The van der Waals surface area contributed by atoms with Crippen LogP contribution in [0.3, 0.4) is 0 Å². The quantitative estimate of drug-likeness (QED) is 0.703. The average molecular weight is 274 g/mol. The lowest BCUT2D eigenvalue weighted by Gasteiger charge is -2.06. The van der Waals surface area contributed by atoms with Crippen molar-refractivity contribution in [1.29, 1.82) is 0 Å². The third-order valence-corrected chi connectivity index (χ3v) is 4.05. The van der Waals surface area contributed by atoms with Crippen LogP contribution < -0.4 is 5.32 Å². The molecular weight excluding hydrogens is 259 g/mol. The zero-order valence-electron chi connectivity index (χ0n) is 10.5. The molecule has 3 aromatic rings. The largest absolute Gasteiger partial charge is 0.346 e. The number of thiophene rings is 1. The van der Waals surface area contributed by atoms with Gasteiger partial charge >= 0.3 is 0 Å². The summed E-state index contributed by atoms with van der Waals surface area (Å²) in [6.07, 6.45) is 1.95. The first-order valence-electron chi connectivity index (χ1n) is 6.31. The SMILES string of the molecule is Fc1cccc2c1ccn2CCNCc1cccs1. The van der Waals surface area contributed by atoms with Gasteiger partial charge in [-0.05, 0) is 29.6 Å². The molecule has 0 unspecified atom stereocenters. The molecule has 1 N–H and O–H groups in total. The lowest BCUT2D eigenvalue weighted by Crippen LogP contribution is -2.18. The molecule has 0 spiro atoms. The molecular formula is C15H15FN2S. The number of nitrogens with one attached hydrogen (secondary N) is 1. The molecule has 0 aliphatic heterocycles. The Morgan fingerprint density at radius 1 is 1.16 bits per heavy atom. The van der Waals surface area contributed by atoms with Gasteiger partial charge in [-0.15, -0.1) is 11.3 Å². The van der Waals surface area contributed by atoms with E-state index in [1.165, 1.54) is 10.9 Å². The maximum Gasteiger partial charge on any atom is 0.132 e. The normalized spacial score (nSPS) is 11.2. The molecule has 2 nitrogen and oxygen atoms in total. The van der Waals surface area contributed by atoms with E-state index in [4.69, 9.17) is 0 Å².